The molecule has 1 N–H and O–H groups in total. The van der Waals surface area contributed by atoms with E-state index >= 15 is 0 Å². The van der Waals surface area contributed by atoms with E-state index in [1.807, 2.05) is 37.3 Å². The number of rotatable bonds is 4. The largest absolute Gasteiger partial charge is 0.246 e. The van der Waals surface area contributed by atoms with Crippen molar-refractivity contribution in [3.63, 3.8) is 0 Å². The fourth-order valence-electron chi connectivity index (χ4n) is 1.77. The van der Waals surface area contributed by atoms with Crippen LogP contribution in [0.3, 0.4) is 0 Å². The normalized spacial score (nSPS) is 24.0. The lowest BCUT2D eigenvalue weighted by Gasteiger charge is -2.17. The summed E-state index contributed by atoms with van der Waals surface area (Å²) in [6.45, 7) is 4.19. The van der Waals surface area contributed by atoms with E-state index in [1.54, 1.807) is 0 Å². The summed E-state index contributed by atoms with van der Waals surface area (Å²) in [6.07, 6.45) is 3.24. The lowest BCUT2D eigenvalue weighted by molar-refractivity contribution is -0.0472. The Labute approximate surface area is 96.5 Å². The van der Waals surface area contributed by atoms with Gasteiger partial charge in [-0.15, -0.1) is 0 Å². The van der Waals surface area contributed by atoms with Gasteiger partial charge in [-0.25, -0.2) is 15.3 Å². The van der Waals surface area contributed by atoms with Crippen LogP contribution in [0.25, 0.3) is 0 Å². The topological polar surface area (TPSA) is 33.6 Å². The molecule has 0 radical (unpaired) electrons. The van der Waals surface area contributed by atoms with E-state index < -0.39 is 5.72 Å². The van der Waals surface area contributed by atoms with Crippen LogP contribution in [0.2, 0.25) is 0 Å². The zero-order chi connectivity index (χ0) is 11.4. The van der Waals surface area contributed by atoms with Crippen LogP contribution < -0.4 is 5.48 Å². The highest BCUT2D eigenvalue weighted by Crippen LogP contribution is 2.24. The molecule has 3 nitrogen and oxygen atoms in total. The van der Waals surface area contributed by atoms with E-state index in [9.17, 15) is 0 Å². The fourth-order valence-corrected chi connectivity index (χ4v) is 1.77. The van der Waals surface area contributed by atoms with Gasteiger partial charge in [-0.2, -0.15) is 0 Å². The third kappa shape index (κ3) is 2.42. The van der Waals surface area contributed by atoms with Gasteiger partial charge in [-0.1, -0.05) is 43.7 Å². The lowest BCUT2D eigenvalue weighted by atomic mass is 10.1. The summed E-state index contributed by atoms with van der Waals surface area (Å²) in [6, 6.07) is 10.1. The number of benzene rings is 1. The molecule has 0 aliphatic carbocycles. The van der Waals surface area contributed by atoms with Gasteiger partial charge in [0, 0.05) is 5.56 Å². The van der Waals surface area contributed by atoms with E-state index in [-0.39, 0.29) is 0 Å². The first kappa shape index (κ1) is 11.1. The van der Waals surface area contributed by atoms with Gasteiger partial charge in [0.25, 0.3) is 0 Å². The first-order valence-electron chi connectivity index (χ1n) is 5.83. The monoisotopic (exact) mass is 218 g/mol. The molecule has 3 heteroatoms. The van der Waals surface area contributed by atoms with Gasteiger partial charge in [0.05, 0.1) is 0 Å². The van der Waals surface area contributed by atoms with E-state index in [0.29, 0.717) is 0 Å². The molecule has 16 heavy (non-hydrogen) atoms. The molecule has 1 aromatic carbocycles. The van der Waals surface area contributed by atoms with Gasteiger partial charge in [0.15, 0.2) is 11.6 Å². The molecule has 1 aliphatic rings. The summed E-state index contributed by atoms with van der Waals surface area (Å²) in [7, 11) is 0. The Morgan fingerprint density at radius 3 is 2.75 bits per heavy atom. The smallest absolute Gasteiger partial charge is 0.184 e. The van der Waals surface area contributed by atoms with E-state index in [1.165, 1.54) is 0 Å². The Morgan fingerprint density at radius 1 is 1.31 bits per heavy atom. The quantitative estimate of drug-likeness (QED) is 0.843. The van der Waals surface area contributed by atoms with Crippen molar-refractivity contribution in [1.29, 1.82) is 0 Å². The summed E-state index contributed by atoms with van der Waals surface area (Å²) in [5, 5.41) is 0. The lowest BCUT2D eigenvalue weighted by Crippen LogP contribution is -2.26. The zero-order valence-electron chi connectivity index (χ0n) is 9.86. The van der Waals surface area contributed by atoms with Crippen LogP contribution in [0.5, 0.6) is 0 Å². The second-order valence-electron chi connectivity index (χ2n) is 4.31. The van der Waals surface area contributed by atoms with Crippen molar-refractivity contribution in [1.82, 2.24) is 5.48 Å². The fraction of sp³-hybridized carbons (Fsp3) is 0.462. The maximum absolute atomic E-state index is 5.56. The molecule has 0 saturated heterocycles. The summed E-state index contributed by atoms with van der Waals surface area (Å²) in [4.78, 5) is 10.2. The van der Waals surface area contributed by atoms with Crippen molar-refractivity contribution >= 4 is 5.84 Å². The van der Waals surface area contributed by atoms with Crippen LogP contribution >= 0.6 is 0 Å². The average molecular weight is 218 g/mol. The number of hydrogen-bond donors (Lipinski definition) is 1. The molecule has 0 aromatic heterocycles. The van der Waals surface area contributed by atoms with Crippen molar-refractivity contribution in [3.05, 3.63) is 35.9 Å². The standard InChI is InChI=1S/C13H18N2O/c1-3-4-10-13(2)14-12(15-16-13)11-8-6-5-7-9-11/h5-9H,3-4,10H2,1-2H3,(H,14,15)/t13-/m0/s1. The molecule has 1 heterocycles. The average Bonchev–Trinajstić information content (AvgIpc) is 2.71. The predicted molar refractivity (Wildman–Crippen MR) is 65.1 cm³/mol. The van der Waals surface area contributed by atoms with E-state index in [4.69, 9.17) is 4.84 Å². The first-order valence-corrected chi connectivity index (χ1v) is 5.83. The Kier molecular flexibility index (Phi) is 3.25. The van der Waals surface area contributed by atoms with Crippen LogP contribution in [0.1, 0.15) is 38.7 Å². The summed E-state index contributed by atoms with van der Waals surface area (Å²) in [5.41, 5.74) is 3.59. The Hall–Kier alpha value is -1.35. The van der Waals surface area contributed by atoms with Gasteiger partial charge in [0.2, 0.25) is 0 Å². The van der Waals surface area contributed by atoms with Gasteiger partial charge in [-0.3, -0.25) is 0 Å². The number of hydroxylamine groups is 1. The van der Waals surface area contributed by atoms with Crippen LogP contribution in [-0.4, -0.2) is 11.6 Å². The van der Waals surface area contributed by atoms with Crippen molar-refractivity contribution in [3.8, 4) is 0 Å². The van der Waals surface area contributed by atoms with Gasteiger partial charge in [-0.05, 0) is 19.8 Å². The molecule has 0 unspecified atom stereocenters. The van der Waals surface area contributed by atoms with Crippen molar-refractivity contribution in [2.75, 3.05) is 0 Å². The minimum absolute atomic E-state index is 0.402. The molecule has 0 fully saturated rings. The first-order chi connectivity index (χ1) is 7.73. The van der Waals surface area contributed by atoms with E-state index in [2.05, 4.69) is 17.4 Å². The minimum atomic E-state index is -0.402. The zero-order valence-corrected chi connectivity index (χ0v) is 9.86. The second-order valence-corrected chi connectivity index (χ2v) is 4.31. The molecular weight excluding hydrogens is 200 g/mol. The number of unbranched alkanes of at least 4 members (excludes halogenated alkanes) is 1. The summed E-state index contributed by atoms with van der Waals surface area (Å²) < 4.78 is 0. The van der Waals surface area contributed by atoms with Crippen molar-refractivity contribution < 1.29 is 4.84 Å². The molecule has 0 spiro atoms. The molecule has 1 aromatic rings. The Morgan fingerprint density at radius 2 is 2.06 bits per heavy atom. The van der Waals surface area contributed by atoms with Gasteiger partial charge >= 0.3 is 0 Å². The Bertz CT molecular complexity index is 375. The number of hydrogen-bond acceptors (Lipinski definition) is 3. The molecule has 1 aliphatic heterocycles. The van der Waals surface area contributed by atoms with Crippen molar-refractivity contribution in [2.24, 2.45) is 4.99 Å². The highest BCUT2D eigenvalue weighted by atomic mass is 16.7. The summed E-state index contributed by atoms with van der Waals surface area (Å²) in [5.74, 6) is 0.833. The van der Waals surface area contributed by atoms with Gasteiger partial charge in [0.1, 0.15) is 0 Å². The predicted octanol–water partition coefficient (Wildman–Crippen LogP) is 2.87. The molecule has 86 valence electrons. The number of nitrogens with one attached hydrogen (secondary N) is 1. The molecule has 1 atom stereocenters. The van der Waals surface area contributed by atoms with Crippen molar-refractivity contribution in [2.45, 2.75) is 38.8 Å². The Balaban J connectivity index is 2.11. The van der Waals surface area contributed by atoms with E-state index in [0.717, 1.165) is 30.7 Å². The SMILES string of the molecule is CCCC[C@@]1(C)N=C(c2ccccc2)NO1. The molecule has 0 amide bonds. The third-order valence-electron chi connectivity index (χ3n) is 2.76. The number of nitrogens with zero attached hydrogens (tertiary/aromatic N) is 1. The van der Waals surface area contributed by atoms with Gasteiger partial charge < -0.3 is 0 Å². The second kappa shape index (κ2) is 4.66. The van der Waals surface area contributed by atoms with Crippen LogP contribution in [0, 0.1) is 0 Å². The third-order valence-corrected chi connectivity index (χ3v) is 2.76. The highest BCUT2D eigenvalue weighted by Gasteiger charge is 2.30. The summed E-state index contributed by atoms with van der Waals surface area (Å²) >= 11 is 0. The van der Waals surface area contributed by atoms with Crippen LogP contribution in [0.4, 0.5) is 0 Å². The number of aliphatic imine (C=N–C) groups is 1. The molecular formula is C13H18N2O. The van der Waals surface area contributed by atoms with Crippen LogP contribution in [0.15, 0.2) is 35.3 Å². The molecule has 0 bridgehead atoms. The maximum Gasteiger partial charge on any atom is 0.184 e. The molecule has 2 rings (SSSR count). The number of amidine groups is 1. The minimum Gasteiger partial charge on any atom is -0.246 e. The highest BCUT2D eigenvalue weighted by molar-refractivity contribution is 5.99. The van der Waals surface area contributed by atoms with Crippen LogP contribution in [-0.2, 0) is 4.84 Å². The molecule has 0 saturated carbocycles. The maximum atomic E-state index is 5.56.